The normalized spacial score (nSPS) is 20.4. The van der Waals surface area contributed by atoms with Gasteiger partial charge in [0.15, 0.2) is 0 Å². The monoisotopic (exact) mass is 317 g/mol. The molecule has 1 aromatic rings. The Morgan fingerprint density at radius 1 is 0.957 bits per heavy atom. The van der Waals surface area contributed by atoms with Crippen LogP contribution in [0, 0.1) is 0 Å². The highest BCUT2D eigenvalue weighted by Crippen LogP contribution is 2.15. The van der Waals surface area contributed by atoms with E-state index >= 15 is 0 Å². The first-order valence-electron chi connectivity index (χ1n) is 8.86. The fraction of sp³-hybridized carbons (Fsp3) is 0.706. The van der Waals surface area contributed by atoms with Crippen molar-refractivity contribution in [2.75, 3.05) is 50.7 Å². The molecular weight excluding hydrogens is 290 g/mol. The molecule has 6 nitrogen and oxygen atoms in total. The van der Waals surface area contributed by atoms with Crippen LogP contribution in [0.3, 0.4) is 0 Å². The van der Waals surface area contributed by atoms with Gasteiger partial charge in [0.2, 0.25) is 5.95 Å². The zero-order valence-electron chi connectivity index (χ0n) is 14.1. The molecule has 2 aliphatic heterocycles. The fourth-order valence-corrected chi connectivity index (χ4v) is 3.32. The number of amides is 1. The zero-order chi connectivity index (χ0) is 16.1. The van der Waals surface area contributed by atoms with Gasteiger partial charge >= 0.3 is 0 Å². The third-order valence-corrected chi connectivity index (χ3v) is 4.88. The average Bonchev–Trinajstić information content (AvgIpc) is 2.91. The summed E-state index contributed by atoms with van der Waals surface area (Å²) in [4.78, 5) is 28.0. The van der Waals surface area contributed by atoms with Crippen LogP contribution in [0.5, 0.6) is 0 Å². The highest BCUT2D eigenvalue weighted by molar-refractivity contribution is 5.93. The lowest BCUT2D eigenvalue weighted by Gasteiger charge is -2.34. The molecule has 1 amide bonds. The quantitative estimate of drug-likeness (QED) is 0.848. The van der Waals surface area contributed by atoms with Crippen LogP contribution in [0.2, 0.25) is 0 Å². The Kier molecular flexibility index (Phi) is 5.43. The molecular formula is C17H27N5O. The Labute approximate surface area is 138 Å². The standard InChI is InChI=1S/C17H27N5O/c1-2-20-9-11-22(12-10-20)17-18-13-15(14-19-17)16(23)21-7-5-3-4-6-8-21/h13-14H,2-12H2,1H3. The first kappa shape index (κ1) is 16.2. The minimum atomic E-state index is 0.0780. The highest BCUT2D eigenvalue weighted by Gasteiger charge is 2.20. The summed E-state index contributed by atoms with van der Waals surface area (Å²) in [6, 6.07) is 0. The largest absolute Gasteiger partial charge is 0.339 e. The van der Waals surface area contributed by atoms with Gasteiger partial charge in [-0.25, -0.2) is 9.97 Å². The van der Waals surface area contributed by atoms with Crippen molar-refractivity contribution >= 4 is 11.9 Å². The minimum absolute atomic E-state index is 0.0780. The van der Waals surface area contributed by atoms with Crippen LogP contribution in [0.1, 0.15) is 43.0 Å². The molecule has 0 bridgehead atoms. The zero-order valence-corrected chi connectivity index (χ0v) is 14.1. The summed E-state index contributed by atoms with van der Waals surface area (Å²) in [5.41, 5.74) is 0.614. The summed E-state index contributed by atoms with van der Waals surface area (Å²) >= 11 is 0. The van der Waals surface area contributed by atoms with Crippen molar-refractivity contribution < 1.29 is 4.79 Å². The molecule has 0 aromatic carbocycles. The van der Waals surface area contributed by atoms with Crippen molar-refractivity contribution in [2.24, 2.45) is 0 Å². The van der Waals surface area contributed by atoms with Crippen molar-refractivity contribution in [3.8, 4) is 0 Å². The number of rotatable bonds is 3. The topological polar surface area (TPSA) is 52.6 Å². The molecule has 0 N–H and O–H groups in total. The lowest BCUT2D eigenvalue weighted by atomic mass is 10.2. The van der Waals surface area contributed by atoms with Crippen LogP contribution < -0.4 is 4.90 Å². The van der Waals surface area contributed by atoms with E-state index in [4.69, 9.17) is 0 Å². The van der Waals surface area contributed by atoms with Gasteiger partial charge in [0.05, 0.1) is 5.56 Å². The van der Waals surface area contributed by atoms with E-state index in [1.807, 2.05) is 4.90 Å². The number of hydrogen-bond donors (Lipinski definition) is 0. The number of carbonyl (C=O) groups excluding carboxylic acids is 1. The average molecular weight is 317 g/mol. The van der Waals surface area contributed by atoms with Gasteiger partial charge in [0.1, 0.15) is 0 Å². The van der Waals surface area contributed by atoms with Gasteiger partial charge in [-0.3, -0.25) is 4.79 Å². The van der Waals surface area contributed by atoms with Crippen LogP contribution in [-0.4, -0.2) is 71.5 Å². The Bertz CT molecular complexity index is 502. The highest BCUT2D eigenvalue weighted by atomic mass is 16.2. The first-order chi connectivity index (χ1) is 11.3. The van der Waals surface area contributed by atoms with Crippen molar-refractivity contribution in [2.45, 2.75) is 32.6 Å². The summed E-state index contributed by atoms with van der Waals surface area (Å²) in [5, 5.41) is 0. The molecule has 1 aromatic heterocycles. The molecule has 2 fully saturated rings. The fourth-order valence-electron chi connectivity index (χ4n) is 3.32. The molecule has 126 valence electrons. The molecule has 23 heavy (non-hydrogen) atoms. The predicted molar refractivity (Wildman–Crippen MR) is 90.7 cm³/mol. The van der Waals surface area contributed by atoms with E-state index in [0.29, 0.717) is 5.56 Å². The number of anilines is 1. The predicted octanol–water partition coefficient (Wildman–Crippen LogP) is 1.63. The van der Waals surface area contributed by atoms with E-state index < -0.39 is 0 Å². The van der Waals surface area contributed by atoms with Crippen LogP contribution in [0.15, 0.2) is 12.4 Å². The van der Waals surface area contributed by atoms with Crippen LogP contribution >= 0.6 is 0 Å². The van der Waals surface area contributed by atoms with E-state index in [9.17, 15) is 4.79 Å². The van der Waals surface area contributed by atoms with Gasteiger partial charge < -0.3 is 14.7 Å². The van der Waals surface area contributed by atoms with Gasteiger partial charge in [0, 0.05) is 51.7 Å². The molecule has 0 unspecified atom stereocenters. The number of likely N-dealkylation sites (tertiary alicyclic amines) is 1. The smallest absolute Gasteiger partial charge is 0.256 e. The molecule has 2 saturated heterocycles. The van der Waals surface area contributed by atoms with Crippen molar-refractivity contribution in [1.29, 1.82) is 0 Å². The molecule has 2 aliphatic rings. The summed E-state index contributed by atoms with van der Waals surface area (Å²) in [5.74, 6) is 0.822. The maximum Gasteiger partial charge on any atom is 0.256 e. The van der Waals surface area contributed by atoms with Gasteiger partial charge in [0.25, 0.3) is 5.91 Å². The van der Waals surface area contributed by atoms with E-state index in [1.165, 1.54) is 12.8 Å². The lowest BCUT2D eigenvalue weighted by molar-refractivity contribution is 0.0761. The number of aromatic nitrogens is 2. The van der Waals surface area contributed by atoms with E-state index in [-0.39, 0.29) is 5.91 Å². The Balaban J connectivity index is 1.61. The molecule has 3 rings (SSSR count). The van der Waals surface area contributed by atoms with Gasteiger partial charge in [-0.05, 0) is 19.4 Å². The maximum absolute atomic E-state index is 12.5. The molecule has 0 saturated carbocycles. The maximum atomic E-state index is 12.5. The van der Waals surface area contributed by atoms with Gasteiger partial charge in [-0.1, -0.05) is 19.8 Å². The molecule has 0 radical (unpaired) electrons. The second-order valence-electron chi connectivity index (χ2n) is 6.40. The molecule has 3 heterocycles. The van der Waals surface area contributed by atoms with Crippen molar-refractivity contribution in [3.63, 3.8) is 0 Å². The summed E-state index contributed by atoms with van der Waals surface area (Å²) in [6.45, 7) is 9.01. The molecule has 0 aliphatic carbocycles. The summed E-state index contributed by atoms with van der Waals surface area (Å²) in [6.07, 6.45) is 8.05. The SMILES string of the molecule is CCN1CCN(c2ncc(C(=O)N3CCCCCC3)cn2)CC1. The Morgan fingerprint density at radius 3 is 2.13 bits per heavy atom. The van der Waals surface area contributed by atoms with Gasteiger partial charge in [-0.2, -0.15) is 0 Å². The lowest BCUT2D eigenvalue weighted by Crippen LogP contribution is -2.46. The van der Waals surface area contributed by atoms with Crippen LogP contribution in [0.25, 0.3) is 0 Å². The number of piperazine rings is 1. The Hall–Kier alpha value is -1.69. The van der Waals surface area contributed by atoms with Crippen molar-refractivity contribution in [3.05, 3.63) is 18.0 Å². The molecule has 0 spiro atoms. The second-order valence-corrected chi connectivity index (χ2v) is 6.40. The minimum Gasteiger partial charge on any atom is -0.339 e. The van der Waals surface area contributed by atoms with Crippen molar-refractivity contribution in [1.82, 2.24) is 19.8 Å². The van der Waals surface area contributed by atoms with Crippen LogP contribution in [-0.2, 0) is 0 Å². The molecule has 0 atom stereocenters. The van der Waals surface area contributed by atoms with Crippen LogP contribution in [0.4, 0.5) is 5.95 Å². The Morgan fingerprint density at radius 2 is 1.57 bits per heavy atom. The molecule has 6 heteroatoms. The third kappa shape index (κ3) is 3.99. The summed E-state index contributed by atoms with van der Waals surface area (Å²) < 4.78 is 0. The second kappa shape index (κ2) is 7.73. The number of nitrogens with zero attached hydrogens (tertiary/aromatic N) is 5. The van der Waals surface area contributed by atoms with Gasteiger partial charge in [-0.15, -0.1) is 0 Å². The number of likely N-dealkylation sites (N-methyl/N-ethyl adjacent to an activating group) is 1. The van der Waals surface area contributed by atoms with E-state index in [2.05, 4.69) is 26.7 Å². The number of hydrogen-bond acceptors (Lipinski definition) is 5. The van der Waals surface area contributed by atoms with E-state index in [0.717, 1.165) is 64.6 Å². The third-order valence-electron chi connectivity index (χ3n) is 4.88. The summed E-state index contributed by atoms with van der Waals surface area (Å²) in [7, 11) is 0. The van der Waals surface area contributed by atoms with E-state index in [1.54, 1.807) is 12.4 Å². The number of carbonyl (C=O) groups is 1. The first-order valence-corrected chi connectivity index (χ1v) is 8.86.